The van der Waals surface area contributed by atoms with Crippen molar-refractivity contribution >= 4 is 5.91 Å². The highest BCUT2D eigenvalue weighted by Crippen LogP contribution is 2.25. The summed E-state index contributed by atoms with van der Waals surface area (Å²) in [7, 11) is 0. The molecule has 1 amide bonds. The molecule has 5 nitrogen and oxygen atoms in total. The quantitative estimate of drug-likeness (QED) is 0.687. The van der Waals surface area contributed by atoms with Crippen molar-refractivity contribution in [1.82, 2.24) is 15.1 Å². The fourth-order valence-electron chi connectivity index (χ4n) is 4.11. The summed E-state index contributed by atoms with van der Waals surface area (Å²) in [5.74, 6) is 1.59. The number of piperazine rings is 1. The minimum Gasteiger partial charge on any atom is -0.380 e. The van der Waals surface area contributed by atoms with Crippen LogP contribution in [0.1, 0.15) is 46.5 Å². The van der Waals surface area contributed by atoms with E-state index in [1.807, 2.05) is 6.92 Å². The van der Waals surface area contributed by atoms with Crippen molar-refractivity contribution in [3.8, 4) is 0 Å². The average molecular weight is 340 g/mol. The van der Waals surface area contributed by atoms with E-state index in [2.05, 4.69) is 29.0 Å². The first-order valence-electron chi connectivity index (χ1n) is 9.95. The van der Waals surface area contributed by atoms with Gasteiger partial charge in [-0.25, -0.2) is 0 Å². The molecule has 2 aliphatic rings. The molecule has 0 bridgehead atoms. The van der Waals surface area contributed by atoms with Gasteiger partial charge in [-0.2, -0.15) is 0 Å². The number of nitrogens with one attached hydrogen (secondary N) is 1. The second kappa shape index (κ2) is 10.4. The SMILES string of the molecule is CCOCCN1CCN(C(=O)CC(C)C2CCNCC2)CC1CC. The van der Waals surface area contributed by atoms with E-state index in [0.717, 1.165) is 65.3 Å². The molecule has 140 valence electrons. The predicted molar refractivity (Wildman–Crippen MR) is 98.1 cm³/mol. The minimum absolute atomic E-state index is 0.365. The molecule has 0 spiro atoms. The topological polar surface area (TPSA) is 44.8 Å². The first-order valence-corrected chi connectivity index (χ1v) is 9.95. The van der Waals surface area contributed by atoms with E-state index in [1.54, 1.807) is 0 Å². The van der Waals surface area contributed by atoms with Crippen molar-refractivity contribution < 1.29 is 9.53 Å². The van der Waals surface area contributed by atoms with Gasteiger partial charge in [0.2, 0.25) is 5.91 Å². The lowest BCUT2D eigenvalue weighted by Gasteiger charge is -2.41. The number of hydrogen-bond donors (Lipinski definition) is 1. The molecule has 2 rings (SSSR count). The highest BCUT2D eigenvalue weighted by atomic mass is 16.5. The van der Waals surface area contributed by atoms with Crippen LogP contribution in [0.25, 0.3) is 0 Å². The molecule has 2 unspecified atom stereocenters. The van der Waals surface area contributed by atoms with E-state index >= 15 is 0 Å². The van der Waals surface area contributed by atoms with Gasteiger partial charge in [0.1, 0.15) is 0 Å². The zero-order valence-electron chi connectivity index (χ0n) is 15.9. The van der Waals surface area contributed by atoms with Crippen molar-refractivity contribution in [2.45, 2.75) is 52.5 Å². The Kier molecular flexibility index (Phi) is 8.50. The summed E-state index contributed by atoms with van der Waals surface area (Å²) < 4.78 is 5.50. The molecular formula is C19H37N3O2. The van der Waals surface area contributed by atoms with Crippen LogP contribution in [0.15, 0.2) is 0 Å². The summed E-state index contributed by atoms with van der Waals surface area (Å²) in [6.45, 7) is 14.1. The van der Waals surface area contributed by atoms with Gasteiger partial charge in [0.15, 0.2) is 0 Å². The second-order valence-corrected chi connectivity index (χ2v) is 7.40. The van der Waals surface area contributed by atoms with Gasteiger partial charge >= 0.3 is 0 Å². The molecule has 0 aliphatic carbocycles. The van der Waals surface area contributed by atoms with Crippen molar-refractivity contribution in [2.24, 2.45) is 11.8 Å². The Balaban J connectivity index is 1.78. The molecule has 0 saturated carbocycles. The Morgan fingerprint density at radius 2 is 2.00 bits per heavy atom. The number of carbonyl (C=O) groups is 1. The molecular weight excluding hydrogens is 302 g/mol. The zero-order valence-corrected chi connectivity index (χ0v) is 15.9. The highest BCUT2D eigenvalue weighted by Gasteiger charge is 2.30. The Bertz CT molecular complexity index is 372. The Hall–Kier alpha value is -0.650. The van der Waals surface area contributed by atoms with E-state index in [1.165, 1.54) is 12.8 Å². The molecule has 0 aromatic rings. The van der Waals surface area contributed by atoms with Gasteiger partial charge in [0, 0.05) is 45.2 Å². The molecule has 0 aromatic carbocycles. The summed E-state index contributed by atoms with van der Waals surface area (Å²) in [6, 6.07) is 0.484. The number of carbonyl (C=O) groups excluding carboxylic acids is 1. The summed E-state index contributed by atoms with van der Waals surface area (Å²) in [5.41, 5.74) is 0. The fourth-order valence-corrected chi connectivity index (χ4v) is 4.11. The number of amides is 1. The first-order chi connectivity index (χ1) is 11.7. The van der Waals surface area contributed by atoms with Gasteiger partial charge < -0.3 is 15.0 Å². The monoisotopic (exact) mass is 339 g/mol. The number of piperidine rings is 1. The van der Waals surface area contributed by atoms with Crippen LogP contribution >= 0.6 is 0 Å². The van der Waals surface area contributed by atoms with Crippen molar-refractivity contribution in [3.63, 3.8) is 0 Å². The zero-order chi connectivity index (χ0) is 17.4. The van der Waals surface area contributed by atoms with Crippen LogP contribution in [0.2, 0.25) is 0 Å². The number of hydrogen-bond acceptors (Lipinski definition) is 4. The van der Waals surface area contributed by atoms with Crippen LogP contribution < -0.4 is 5.32 Å². The smallest absolute Gasteiger partial charge is 0.222 e. The van der Waals surface area contributed by atoms with Gasteiger partial charge in [0.25, 0.3) is 0 Å². The van der Waals surface area contributed by atoms with Gasteiger partial charge in [-0.1, -0.05) is 13.8 Å². The average Bonchev–Trinajstić information content (AvgIpc) is 2.62. The van der Waals surface area contributed by atoms with Gasteiger partial charge in [-0.05, 0) is 51.1 Å². The number of ether oxygens (including phenoxy) is 1. The molecule has 2 heterocycles. The first kappa shape index (κ1) is 19.7. The molecule has 0 radical (unpaired) electrons. The molecule has 24 heavy (non-hydrogen) atoms. The lowest BCUT2D eigenvalue weighted by atomic mass is 9.84. The molecule has 1 N–H and O–H groups in total. The molecule has 2 aliphatic heterocycles. The van der Waals surface area contributed by atoms with Crippen LogP contribution in [0.4, 0.5) is 0 Å². The largest absolute Gasteiger partial charge is 0.380 e. The summed E-state index contributed by atoms with van der Waals surface area (Å²) in [4.78, 5) is 17.4. The highest BCUT2D eigenvalue weighted by molar-refractivity contribution is 5.76. The second-order valence-electron chi connectivity index (χ2n) is 7.40. The lowest BCUT2D eigenvalue weighted by molar-refractivity contribution is -0.135. The number of nitrogens with zero attached hydrogens (tertiary/aromatic N) is 2. The molecule has 5 heteroatoms. The molecule has 2 saturated heterocycles. The number of rotatable bonds is 8. The van der Waals surface area contributed by atoms with Crippen LogP contribution in [0.5, 0.6) is 0 Å². The maximum atomic E-state index is 12.7. The van der Waals surface area contributed by atoms with E-state index in [9.17, 15) is 4.79 Å². The van der Waals surface area contributed by atoms with Crippen LogP contribution in [0, 0.1) is 11.8 Å². The molecule has 2 atom stereocenters. The van der Waals surface area contributed by atoms with E-state index in [-0.39, 0.29) is 0 Å². The third-order valence-corrected chi connectivity index (χ3v) is 5.84. The van der Waals surface area contributed by atoms with Crippen molar-refractivity contribution in [1.29, 1.82) is 0 Å². The molecule has 0 aromatic heterocycles. The van der Waals surface area contributed by atoms with Crippen LogP contribution in [-0.2, 0) is 9.53 Å². The Morgan fingerprint density at radius 1 is 1.25 bits per heavy atom. The van der Waals surface area contributed by atoms with E-state index in [0.29, 0.717) is 23.8 Å². The van der Waals surface area contributed by atoms with Crippen LogP contribution in [0.3, 0.4) is 0 Å². The van der Waals surface area contributed by atoms with Crippen LogP contribution in [-0.4, -0.2) is 74.2 Å². The maximum Gasteiger partial charge on any atom is 0.222 e. The standard InChI is InChI=1S/C19H37N3O2/c1-4-18-15-22(11-10-21(18)12-13-24-5-2)19(23)14-16(3)17-6-8-20-9-7-17/h16-18,20H,4-15H2,1-3H3. The fraction of sp³-hybridized carbons (Fsp3) is 0.947. The van der Waals surface area contributed by atoms with E-state index in [4.69, 9.17) is 4.74 Å². The third kappa shape index (κ3) is 5.71. The maximum absolute atomic E-state index is 12.7. The van der Waals surface area contributed by atoms with Gasteiger partial charge in [-0.15, -0.1) is 0 Å². The predicted octanol–water partition coefficient (Wildman–Crippen LogP) is 1.97. The van der Waals surface area contributed by atoms with Gasteiger partial charge in [-0.3, -0.25) is 9.69 Å². The molecule has 2 fully saturated rings. The summed E-state index contributed by atoms with van der Waals surface area (Å²) >= 11 is 0. The normalized spacial score (nSPS) is 25.0. The van der Waals surface area contributed by atoms with E-state index < -0.39 is 0 Å². The van der Waals surface area contributed by atoms with Crippen molar-refractivity contribution in [3.05, 3.63) is 0 Å². The van der Waals surface area contributed by atoms with Crippen molar-refractivity contribution in [2.75, 3.05) is 52.5 Å². The van der Waals surface area contributed by atoms with Gasteiger partial charge in [0.05, 0.1) is 6.61 Å². The Labute approximate surface area is 148 Å². The summed E-state index contributed by atoms with van der Waals surface area (Å²) in [6.07, 6.45) is 4.26. The minimum atomic E-state index is 0.365. The Morgan fingerprint density at radius 3 is 2.67 bits per heavy atom. The third-order valence-electron chi connectivity index (χ3n) is 5.84. The summed E-state index contributed by atoms with van der Waals surface area (Å²) in [5, 5.41) is 3.41. The lowest BCUT2D eigenvalue weighted by Crippen LogP contribution is -2.55.